The van der Waals surface area contributed by atoms with Crippen molar-refractivity contribution in [1.82, 2.24) is 9.88 Å². The first-order valence-corrected chi connectivity index (χ1v) is 5.97. The Morgan fingerprint density at radius 2 is 2.06 bits per heavy atom. The second kappa shape index (κ2) is 4.84. The lowest BCUT2D eigenvalue weighted by Crippen LogP contribution is -2.20. The fourth-order valence-corrected chi connectivity index (χ4v) is 2.25. The van der Waals surface area contributed by atoms with Gasteiger partial charge in [-0.25, -0.2) is 4.79 Å². The zero-order valence-electron chi connectivity index (χ0n) is 10.3. The predicted octanol–water partition coefficient (Wildman–Crippen LogP) is 1.87. The van der Waals surface area contributed by atoms with Gasteiger partial charge in [0.1, 0.15) is 0 Å². The Morgan fingerprint density at radius 1 is 1.41 bits per heavy atom. The maximum atomic E-state index is 10.7. The van der Waals surface area contributed by atoms with Crippen molar-refractivity contribution >= 4 is 5.97 Å². The molecule has 17 heavy (non-hydrogen) atoms. The molecule has 0 spiro atoms. The van der Waals surface area contributed by atoms with Crippen molar-refractivity contribution in [3.05, 3.63) is 29.6 Å². The van der Waals surface area contributed by atoms with E-state index in [1.165, 1.54) is 6.20 Å². The third kappa shape index (κ3) is 2.82. The van der Waals surface area contributed by atoms with E-state index in [2.05, 4.69) is 23.7 Å². The number of carboxylic acid groups (broad SMARTS) is 1. The Kier molecular flexibility index (Phi) is 3.43. The molecule has 0 saturated carbocycles. The average Bonchev–Trinajstić information content (AvgIpc) is 2.58. The van der Waals surface area contributed by atoms with E-state index in [-0.39, 0.29) is 5.56 Å². The van der Waals surface area contributed by atoms with E-state index in [1.54, 1.807) is 12.1 Å². The van der Waals surface area contributed by atoms with Gasteiger partial charge in [0.15, 0.2) is 0 Å². The van der Waals surface area contributed by atoms with E-state index in [0.717, 1.165) is 37.2 Å². The highest BCUT2D eigenvalue weighted by Crippen LogP contribution is 2.23. The summed E-state index contributed by atoms with van der Waals surface area (Å²) in [6, 6.07) is 3.42. The van der Waals surface area contributed by atoms with Crippen LogP contribution in [0.5, 0.6) is 0 Å². The van der Waals surface area contributed by atoms with Crippen LogP contribution in [0.3, 0.4) is 0 Å². The molecule has 2 heterocycles. The largest absolute Gasteiger partial charge is 0.478 e. The van der Waals surface area contributed by atoms with Gasteiger partial charge < -0.3 is 5.11 Å². The topological polar surface area (TPSA) is 53.4 Å². The molecule has 1 aromatic rings. The number of aromatic nitrogens is 1. The molecular formula is C13H18N2O2. The summed E-state index contributed by atoms with van der Waals surface area (Å²) < 4.78 is 0. The molecule has 0 radical (unpaired) electrons. The van der Waals surface area contributed by atoms with E-state index in [4.69, 9.17) is 5.11 Å². The molecule has 2 unspecified atom stereocenters. The van der Waals surface area contributed by atoms with E-state index in [1.807, 2.05) is 0 Å². The van der Waals surface area contributed by atoms with E-state index < -0.39 is 5.97 Å². The maximum absolute atomic E-state index is 10.7. The molecule has 1 fully saturated rings. The molecule has 92 valence electrons. The summed E-state index contributed by atoms with van der Waals surface area (Å²) in [5.41, 5.74) is 1.19. The van der Waals surface area contributed by atoms with Crippen LogP contribution < -0.4 is 0 Å². The molecule has 1 aliphatic rings. The summed E-state index contributed by atoms with van der Waals surface area (Å²) >= 11 is 0. The number of hydrogen-bond donors (Lipinski definition) is 1. The standard InChI is InChI=1S/C13H18N2O2/c1-9-6-15(7-10(9)2)8-12-4-3-11(5-14-12)13(16)17/h3-5,9-10H,6-8H2,1-2H3,(H,16,17). The molecule has 1 saturated heterocycles. The van der Waals surface area contributed by atoms with Gasteiger partial charge >= 0.3 is 5.97 Å². The minimum absolute atomic E-state index is 0.247. The van der Waals surface area contributed by atoms with E-state index in [9.17, 15) is 4.79 Å². The van der Waals surface area contributed by atoms with Crippen LogP contribution in [0.1, 0.15) is 29.9 Å². The summed E-state index contributed by atoms with van der Waals surface area (Å²) in [6.45, 7) is 7.55. The van der Waals surface area contributed by atoms with Gasteiger partial charge in [0, 0.05) is 25.8 Å². The fourth-order valence-electron chi connectivity index (χ4n) is 2.25. The minimum atomic E-state index is -0.924. The Morgan fingerprint density at radius 3 is 2.53 bits per heavy atom. The fraction of sp³-hybridized carbons (Fsp3) is 0.538. The molecule has 0 bridgehead atoms. The Hall–Kier alpha value is -1.42. The number of likely N-dealkylation sites (tertiary alicyclic amines) is 1. The maximum Gasteiger partial charge on any atom is 0.337 e. The molecule has 4 heteroatoms. The zero-order chi connectivity index (χ0) is 12.4. The number of nitrogens with zero attached hydrogens (tertiary/aromatic N) is 2. The number of pyridine rings is 1. The van der Waals surface area contributed by atoms with Crippen LogP contribution in [0.25, 0.3) is 0 Å². The van der Waals surface area contributed by atoms with E-state index >= 15 is 0 Å². The van der Waals surface area contributed by atoms with Crippen molar-refractivity contribution in [3.63, 3.8) is 0 Å². The van der Waals surface area contributed by atoms with Crippen molar-refractivity contribution in [2.75, 3.05) is 13.1 Å². The summed E-state index contributed by atoms with van der Waals surface area (Å²) in [6.07, 6.45) is 1.43. The van der Waals surface area contributed by atoms with Gasteiger partial charge in [-0.05, 0) is 24.0 Å². The molecule has 2 atom stereocenters. The lowest BCUT2D eigenvalue weighted by Gasteiger charge is -2.14. The third-order valence-corrected chi connectivity index (χ3v) is 3.52. The third-order valence-electron chi connectivity index (χ3n) is 3.52. The predicted molar refractivity (Wildman–Crippen MR) is 64.8 cm³/mol. The highest BCUT2D eigenvalue weighted by atomic mass is 16.4. The van der Waals surface area contributed by atoms with Crippen LogP contribution in [0.15, 0.2) is 18.3 Å². The number of aromatic carboxylic acids is 1. The first-order valence-electron chi connectivity index (χ1n) is 5.97. The van der Waals surface area contributed by atoms with Crippen molar-refractivity contribution in [2.24, 2.45) is 11.8 Å². The highest BCUT2D eigenvalue weighted by Gasteiger charge is 2.25. The second-order valence-electron chi connectivity index (χ2n) is 4.99. The van der Waals surface area contributed by atoms with Gasteiger partial charge in [-0.2, -0.15) is 0 Å². The van der Waals surface area contributed by atoms with Gasteiger partial charge in [-0.1, -0.05) is 13.8 Å². The summed E-state index contributed by atoms with van der Waals surface area (Å²) in [4.78, 5) is 17.3. The van der Waals surface area contributed by atoms with Crippen LogP contribution in [0.4, 0.5) is 0 Å². The van der Waals surface area contributed by atoms with Gasteiger partial charge in [0.05, 0.1) is 11.3 Å². The summed E-state index contributed by atoms with van der Waals surface area (Å²) in [7, 11) is 0. The lowest BCUT2D eigenvalue weighted by molar-refractivity contribution is 0.0696. The zero-order valence-corrected chi connectivity index (χ0v) is 10.3. The number of hydrogen-bond acceptors (Lipinski definition) is 3. The number of rotatable bonds is 3. The molecular weight excluding hydrogens is 216 g/mol. The van der Waals surface area contributed by atoms with E-state index in [0.29, 0.717) is 0 Å². The van der Waals surface area contributed by atoms with Crippen molar-refractivity contribution in [3.8, 4) is 0 Å². The lowest BCUT2D eigenvalue weighted by atomic mass is 10.0. The quantitative estimate of drug-likeness (QED) is 0.867. The van der Waals surface area contributed by atoms with Gasteiger partial charge in [-0.15, -0.1) is 0 Å². The number of carboxylic acids is 1. The van der Waals surface area contributed by atoms with Crippen LogP contribution in [-0.2, 0) is 6.54 Å². The highest BCUT2D eigenvalue weighted by molar-refractivity contribution is 5.87. The second-order valence-corrected chi connectivity index (χ2v) is 4.99. The van der Waals surface area contributed by atoms with Crippen molar-refractivity contribution in [2.45, 2.75) is 20.4 Å². The molecule has 2 rings (SSSR count). The molecule has 0 amide bonds. The molecule has 0 aromatic carbocycles. The van der Waals surface area contributed by atoms with Crippen LogP contribution in [0, 0.1) is 11.8 Å². The smallest absolute Gasteiger partial charge is 0.337 e. The van der Waals surface area contributed by atoms with Gasteiger partial charge in [-0.3, -0.25) is 9.88 Å². The van der Waals surface area contributed by atoms with Crippen LogP contribution >= 0.6 is 0 Å². The molecule has 4 nitrogen and oxygen atoms in total. The number of carbonyl (C=O) groups is 1. The molecule has 1 N–H and O–H groups in total. The molecule has 0 aliphatic carbocycles. The van der Waals surface area contributed by atoms with Crippen molar-refractivity contribution in [1.29, 1.82) is 0 Å². The molecule has 1 aromatic heterocycles. The monoisotopic (exact) mass is 234 g/mol. The van der Waals surface area contributed by atoms with Crippen LogP contribution in [0.2, 0.25) is 0 Å². The van der Waals surface area contributed by atoms with Gasteiger partial charge in [0.2, 0.25) is 0 Å². The van der Waals surface area contributed by atoms with Crippen LogP contribution in [-0.4, -0.2) is 34.0 Å². The normalized spacial score (nSPS) is 25.1. The minimum Gasteiger partial charge on any atom is -0.478 e. The summed E-state index contributed by atoms with van der Waals surface area (Å²) in [5.74, 6) is 0.536. The average molecular weight is 234 g/mol. The summed E-state index contributed by atoms with van der Waals surface area (Å²) in [5, 5.41) is 8.78. The Bertz CT molecular complexity index is 392. The molecule has 1 aliphatic heterocycles. The Labute approximate surface area is 101 Å². The SMILES string of the molecule is CC1CN(Cc2ccc(C(=O)O)cn2)CC1C. The first kappa shape index (κ1) is 12.0. The van der Waals surface area contributed by atoms with Gasteiger partial charge in [0.25, 0.3) is 0 Å². The Balaban J connectivity index is 1.98. The first-order chi connectivity index (χ1) is 8.06. The van der Waals surface area contributed by atoms with Crippen molar-refractivity contribution < 1.29 is 9.90 Å².